The van der Waals surface area contributed by atoms with Crippen LogP contribution in [0.2, 0.25) is 0 Å². The Bertz CT molecular complexity index is 722. The van der Waals surface area contributed by atoms with Gasteiger partial charge in [0.05, 0.1) is 32.0 Å². The molecule has 8 heteroatoms. The number of piperidine rings is 1. The van der Waals surface area contributed by atoms with E-state index in [2.05, 4.69) is 10.3 Å². The fourth-order valence-corrected chi connectivity index (χ4v) is 3.05. The third-order valence-electron chi connectivity index (χ3n) is 4.16. The number of ether oxygens (including phenoxy) is 1. The molecule has 0 aliphatic carbocycles. The molecule has 0 saturated carbocycles. The Labute approximate surface area is 138 Å². The largest absolute Gasteiger partial charge is 0.496 e. The van der Waals surface area contributed by atoms with E-state index in [0.29, 0.717) is 25.1 Å². The molecule has 0 spiro atoms. The molecule has 1 aliphatic rings. The van der Waals surface area contributed by atoms with E-state index in [1.54, 1.807) is 6.20 Å². The summed E-state index contributed by atoms with van der Waals surface area (Å²) in [5, 5.41) is 18.4. The average molecular weight is 334 g/mol. The van der Waals surface area contributed by atoms with Gasteiger partial charge in [0.25, 0.3) is 5.91 Å². The molecule has 1 N–H and O–H groups in total. The van der Waals surface area contributed by atoms with Gasteiger partial charge in [0.15, 0.2) is 0 Å². The van der Waals surface area contributed by atoms with Crippen LogP contribution in [0.15, 0.2) is 30.6 Å². The zero-order valence-electron chi connectivity index (χ0n) is 13.4. The van der Waals surface area contributed by atoms with Gasteiger partial charge in [-0.3, -0.25) is 4.79 Å². The summed E-state index contributed by atoms with van der Waals surface area (Å²) in [4.78, 5) is 14.3. The highest BCUT2D eigenvalue weighted by Gasteiger charge is 2.36. The standard InChI is InChI=1S/C16H19FN4O3/c1-24-14-4-3-12(17)9-13(14)15(22)20-7-2-5-16(23,10-20)11-21-8-6-18-19-21/h3-4,6,8-9,23H,2,5,7,10-11H2,1H3. The molecule has 3 rings (SSSR count). The fraction of sp³-hybridized carbons (Fsp3) is 0.438. The summed E-state index contributed by atoms with van der Waals surface area (Å²) in [6, 6.07) is 3.83. The van der Waals surface area contributed by atoms with Gasteiger partial charge in [-0.05, 0) is 31.0 Å². The molecular weight excluding hydrogens is 315 g/mol. The number of aliphatic hydroxyl groups is 1. The van der Waals surface area contributed by atoms with Crippen LogP contribution in [0.5, 0.6) is 5.75 Å². The Kier molecular flexibility index (Phi) is 4.48. The normalized spacial score (nSPS) is 20.9. The van der Waals surface area contributed by atoms with Crippen molar-refractivity contribution < 1.29 is 19.0 Å². The van der Waals surface area contributed by atoms with E-state index in [1.807, 2.05) is 0 Å². The lowest BCUT2D eigenvalue weighted by molar-refractivity contribution is -0.0388. The SMILES string of the molecule is COc1ccc(F)cc1C(=O)N1CCCC(O)(Cn2ccnn2)C1. The van der Waals surface area contributed by atoms with Crippen molar-refractivity contribution in [3.8, 4) is 5.75 Å². The molecule has 2 aromatic rings. The van der Waals surface area contributed by atoms with E-state index < -0.39 is 11.4 Å². The lowest BCUT2D eigenvalue weighted by atomic mass is 9.92. The number of hydrogen-bond acceptors (Lipinski definition) is 5. The Balaban J connectivity index is 1.79. The zero-order chi connectivity index (χ0) is 17.2. The number of hydrogen-bond donors (Lipinski definition) is 1. The van der Waals surface area contributed by atoms with Gasteiger partial charge in [-0.2, -0.15) is 0 Å². The molecule has 24 heavy (non-hydrogen) atoms. The van der Waals surface area contributed by atoms with Crippen LogP contribution in [0.1, 0.15) is 23.2 Å². The number of rotatable bonds is 4. The number of nitrogens with zero attached hydrogens (tertiary/aromatic N) is 4. The molecule has 1 aromatic heterocycles. The molecule has 1 saturated heterocycles. The predicted octanol–water partition coefficient (Wildman–Crippen LogP) is 1.09. The number of amides is 1. The number of methoxy groups -OCH3 is 1. The smallest absolute Gasteiger partial charge is 0.257 e. The first-order valence-corrected chi connectivity index (χ1v) is 7.70. The van der Waals surface area contributed by atoms with Crippen LogP contribution in [0.4, 0.5) is 4.39 Å². The molecule has 1 amide bonds. The summed E-state index contributed by atoms with van der Waals surface area (Å²) in [5.74, 6) is -0.552. The molecule has 1 aromatic carbocycles. The van der Waals surface area contributed by atoms with Crippen LogP contribution in [-0.2, 0) is 6.54 Å². The highest BCUT2D eigenvalue weighted by atomic mass is 19.1. The van der Waals surface area contributed by atoms with Crippen LogP contribution in [-0.4, -0.2) is 56.7 Å². The van der Waals surface area contributed by atoms with Crippen LogP contribution in [0.25, 0.3) is 0 Å². The average Bonchev–Trinajstić information content (AvgIpc) is 3.06. The van der Waals surface area contributed by atoms with Crippen LogP contribution >= 0.6 is 0 Å². The van der Waals surface area contributed by atoms with Gasteiger partial charge >= 0.3 is 0 Å². The van der Waals surface area contributed by atoms with Crippen LogP contribution < -0.4 is 4.74 Å². The summed E-state index contributed by atoms with van der Waals surface area (Å²) in [7, 11) is 1.43. The fourth-order valence-electron chi connectivity index (χ4n) is 3.05. The second-order valence-electron chi connectivity index (χ2n) is 6.00. The van der Waals surface area contributed by atoms with Crippen molar-refractivity contribution in [2.24, 2.45) is 0 Å². The molecule has 1 unspecified atom stereocenters. The maximum absolute atomic E-state index is 13.5. The van der Waals surface area contributed by atoms with Gasteiger partial charge in [-0.25, -0.2) is 9.07 Å². The van der Waals surface area contributed by atoms with Gasteiger partial charge in [-0.15, -0.1) is 5.10 Å². The predicted molar refractivity (Wildman–Crippen MR) is 83.1 cm³/mol. The number of aromatic nitrogens is 3. The van der Waals surface area contributed by atoms with Crippen molar-refractivity contribution in [1.82, 2.24) is 19.9 Å². The lowest BCUT2D eigenvalue weighted by Crippen LogP contribution is -2.52. The number of carbonyl (C=O) groups is 1. The van der Waals surface area contributed by atoms with Crippen molar-refractivity contribution in [2.75, 3.05) is 20.2 Å². The Morgan fingerprint density at radius 2 is 2.33 bits per heavy atom. The summed E-state index contributed by atoms with van der Waals surface area (Å²) in [6.07, 6.45) is 4.40. The van der Waals surface area contributed by atoms with E-state index in [4.69, 9.17) is 4.74 Å². The summed E-state index contributed by atoms with van der Waals surface area (Å²) in [5.41, 5.74) is -0.940. The molecule has 2 heterocycles. The van der Waals surface area contributed by atoms with E-state index in [9.17, 15) is 14.3 Å². The lowest BCUT2D eigenvalue weighted by Gasteiger charge is -2.39. The van der Waals surface area contributed by atoms with Gasteiger partial charge in [-0.1, -0.05) is 5.21 Å². The molecule has 128 valence electrons. The zero-order valence-corrected chi connectivity index (χ0v) is 13.4. The molecule has 0 bridgehead atoms. The highest BCUT2D eigenvalue weighted by molar-refractivity contribution is 5.97. The second-order valence-corrected chi connectivity index (χ2v) is 6.00. The first kappa shape index (κ1) is 16.4. The summed E-state index contributed by atoms with van der Waals surface area (Å²) >= 11 is 0. The van der Waals surface area contributed by atoms with Crippen molar-refractivity contribution in [3.05, 3.63) is 42.0 Å². The van der Waals surface area contributed by atoms with Crippen molar-refractivity contribution in [2.45, 2.75) is 25.0 Å². The van der Waals surface area contributed by atoms with E-state index in [1.165, 1.54) is 35.0 Å². The molecule has 1 atom stereocenters. The number of halogens is 1. The van der Waals surface area contributed by atoms with Crippen LogP contribution in [0, 0.1) is 5.82 Å². The Morgan fingerprint density at radius 3 is 3.04 bits per heavy atom. The minimum Gasteiger partial charge on any atom is -0.496 e. The maximum Gasteiger partial charge on any atom is 0.257 e. The monoisotopic (exact) mass is 334 g/mol. The number of likely N-dealkylation sites (tertiary alicyclic amines) is 1. The van der Waals surface area contributed by atoms with E-state index in [-0.39, 0.29) is 24.6 Å². The van der Waals surface area contributed by atoms with Crippen molar-refractivity contribution in [1.29, 1.82) is 0 Å². The van der Waals surface area contributed by atoms with Gasteiger partial charge in [0, 0.05) is 12.7 Å². The second kappa shape index (κ2) is 6.56. The third kappa shape index (κ3) is 3.38. The summed E-state index contributed by atoms with van der Waals surface area (Å²) in [6.45, 7) is 0.889. The van der Waals surface area contributed by atoms with E-state index >= 15 is 0 Å². The number of β-amino-alcohol motifs (C(OH)–C–C–N with tert-alkyl or cyclic N) is 1. The maximum atomic E-state index is 13.5. The Morgan fingerprint density at radius 1 is 1.50 bits per heavy atom. The molecule has 1 fully saturated rings. The highest BCUT2D eigenvalue weighted by Crippen LogP contribution is 2.27. The van der Waals surface area contributed by atoms with E-state index in [0.717, 1.165) is 6.07 Å². The molecule has 7 nitrogen and oxygen atoms in total. The van der Waals surface area contributed by atoms with Gasteiger partial charge in [0.1, 0.15) is 17.2 Å². The quantitative estimate of drug-likeness (QED) is 0.905. The first-order valence-electron chi connectivity index (χ1n) is 7.70. The number of benzene rings is 1. The van der Waals surface area contributed by atoms with Crippen LogP contribution in [0.3, 0.4) is 0 Å². The third-order valence-corrected chi connectivity index (χ3v) is 4.16. The topological polar surface area (TPSA) is 80.5 Å². The molecule has 0 radical (unpaired) electrons. The van der Waals surface area contributed by atoms with Gasteiger partial charge in [0.2, 0.25) is 0 Å². The molecule has 1 aliphatic heterocycles. The minimum absolute atomic E-state index is 0.144. The Hall–Kier alpha value is -2.48. The molecular formula is C16H19FN4O3. The summed E-state index contributed by atoms with van der Waals surface area (Å²) < 4.78 is 20.2. The van der Waals surface area contributed by atoms with Gasteiger partial charge < -0.3 is 14.7 Å². The van der Waals surface area contributed by atoms with Crippen molar-refractivity contribution in [3.63, 3.8) is 0 Å². The van der Waals surface area contributed by atoms with Crippen molar-refractivity contribution >= 4 is 5.91 Å². The minimum atomic E-state index is -1.10. The first-order chi connectivity index (χ1) is 11.5. The number of carbonyl (C=O) groups excluding carboxylic acids is 1.